The number of amides is 1. The third-order valence-corrected chi connectivity index (χ3v) is 10.5. The zero-order valence-corrected chi connectivity index (χ0v) is 33.0. The highest BCUT2D eigenvalue weighted by Crippen LogP contribution is 2.55. The van der Waals surface area contributed by atoms with Gasteiger partial charge < -0.3 is 54.6 Å². The fraction of sp³-hybridized carbons (Fsp3) is 0.463. The van der Waals surface area contributed by atoms with Crippen molar-refractivity contribution in [3.05, 3.63) is 65.5 Å². The molecule has 3 heterocycles. The molecule has 56 heavy (non-hydrogen) atoms. The van der Waals surface area contributed by atoms with Gasteiger partial charge in [0, 0.05) is 61.2 Å². The number of esters is 1. The third kappa shape index (κ3) is 8.39. The number of phenols is 3. The maximum Gasteiger partial charge on any atom is 0.312 e. The molecule has 0 unspecified atom stereocenters. The fourth-order valence-electron chi connectivity index (χ4n) is 7.06. The Morgan fingerprint density at radius 1 is 1.00 bits per heavy atom. The average molecular weight is 781 g/mol. The van der Waals surface area contributed by atoms with E-state index in [1.807, 2.05) is 0 Å². The fourth-order valence-corrected chi connectivity index (χ4v) is 7.06. The number of nitrogens with zero attached hydrogens (tertiary/aromatic N) is 1. The summed E-state index contributed by atoms with van der Waals surface area (Å²) in [6.07, 6.45) is 5.83. The number of oxime groups is 1. The molecule has 5 rings (SSSR count). The molecule has 1 amide bonds. The van der Waals surface area contributed by atoms with E-state index in [9.17, 15) is 39.9 Å². The summed E-state index contributed by atoms with van der Waals surface area (Å²) in [5, 5.41) is 63.4. The second kappa shape index (κ2) is 17.6. The number of ketones is 1. The van der Waals surface area contributed by atoms with E-state index in [0.717, 1.165) is 6.21 Å². The van der Waals surface area contributed by atoms with Crippen molar-refractivity contribution in [2.24, 2.45) is 28.8 Å². The second-order valence-electron chi connectivity index (χ2n) is 14.4. The molecular weight excluding hydrogens is 728 g/mol. The number of aliphatic hydroxyl groups excluding tert-OH is 2. The highest BCUT2D eigenvalue weighted by molar-refractivity contribution is 6.23. The molecule has 3 aliphatic rings. The summed E-state index contributed by atoms with van der Waals surface area (Å²) in [6.45, 7) is 15.9. The van der Waals surface area contributed by atoms with Crippen LogP contribution in [0.5, 0.6) is 23.0 Å². The normalized spacial score (nSPS) is 30.9. The Bertz CT molecular complexity index is 1990. The van der Waals surface area contributed by atoms with Crippen LogP contribution in [0.4, 0.5) is 5.69 Å². The molecule has 2 aromatic carbocycles. The van der Waals surface area contributed by atoms with E-state index in [1.54, 1.807) is 39.8 Å². The van der Waals surface area contributed by atoms with E-state index in [4.69, 9.17) is 23.8 Å². The summed E-state index contributed by atoms with van der Waals surface area (Å²) in [6, 6.07) is 0. The molecule has 5 bridgehead atoms. The molecule has 0 aromatic heterocycles. The van der Waals surface area contributed by atoms with Crippen LogP contribution in [0.15, 0.2) is 53.9 Å². The SMILES string of the molecule is C=CCO/N=C/c1c2c(O)c3c(O)c(C)c4c(c3c1O)C(=O)[C@@](C)(O/C=C/[C@H](OC)[C@@H](C)[C@@H](OC(C)=O)[C@H](C)[C@H](O)[C@H](C)[C@@H](O)[C@H](C)/C=C/C=C(/C)C(=O)N2)O4. The summed E-state index contributed by atoms with van der Waals surface area (Å²) in [4.78, 5) is 45.2. The first-order valence-corrected chi connectivity index (χ1v) is 18.2. The number of phenolic OH excluding ortho intramolecular Hbond substituents is 3. The van der Waals surface area contributed by atoms with Gasteiger partial charge in [-0.15, -0.1) is 0 Å². The number of nitrogens with one attached hydrogen (secondary N) is 1. The molecule has 0 aliphatic carbocycles. The van der Waals surface area contributed by atoms with Gasteiger partial charge in [0.05, 0.1) is 53.0 Å². The number of rotatable bonds is 6. The molecule has 9 atom stereocenters. The molecule has 0 radical (unpaired) electrons. The highest BCUT2D eigenvalue weighted by atomic mass is 16.7. The van der Waals surface area contributed by atoms with Gasteiger partial charge in [-0.2, -0.15) is 0 Å². The predicted molar refractivity (Wildman–Crippen MR) is 208 cm³/mol. The lowest BCUT2D eigenvalue weighted by Crippen LogP contribution is -2.46. The van der Waals surface area contributed by atoms with Crippen molar-refractivity contribution < 1.29 is 63.7 Å². The molecular formula is C41H52N2O13. The van der Waals surface area contributed by atoms with Crippen molar-refractivity contribution in [1.29, 1.82) is 0 Å². The molecule has 3 aliphatic heterocycles. The van der Waals surface area contributed by atoms with Crippen molar-refractivity contribution in [1.82, 2.24) is 0 Å². The van der Waals surface area contributed by atoms with Gasteiger partial charge in [0.2, 0.25) is 0 Å². The number of benzene rings is 2. The standard InChI is InChI=1S/C41H52N2O13/c1-11-16-54-42-18-26-31-36(49)29-28(35(26)48)30-38(24(7)34(29)47)56-41(9,39(30)50)53-17-15-27(52-10)21(4)37(55-25(8)44)23(6)33(46)22(5)32(45)19(2)13-12-14-20(3)40(51)43-31/h11-15,17-19,21-23,27,32-33,37,45-49H,1,16H2,2-10H3,(H,43,51)/b13-12+,17-15+,20-14-,42-18+/t19-,21-,22-,23-,27+,32+,33-,37-,41+/m1/s1. The highest BCUT2D eigenvalue weighted by Gasteiger charge is 2.50. The molecule has 0 spiro atoms. The van der Waals surface area contributed by atoms with Gasteiger partial charge in [-0.05, 0) is 19.9 Å². The maximum atomic E-state index is 14.3. The van der Waals surface area contributed by atoms with Gasteiger partial charge in [-0.1, -0.05) is 63.7 Å². The quantitative estimate of drug-likeness (QED) is 0.0418. The van der Waals surface area contributed by atoms with Gasteiger partial charge in [-0.3, -0.25) is 14.4 Å². The first-order valence-electron chi connectivity index (χ1n) is 18.2. The number of anilines is 1. The number of aliphatic hydroxyl groups is 2. The molecule has 15 heteroatoms. The van der Waals surface area contributed by atoms with Gasteiger partial charge in [0.1, 0.15) is 30.0 Å². The number of carbonyl (C=O) groups is 3. The average Bonchev–Trinajstić information content (AvgIpc) is 3.42. The Morgan fingerprint density at radius 3 is 2.30 bits per heavy atom. The number of allylic oxidation sites excluding steroid dienone is 2. The van der Waals surface area contributed by atoms with Crippen LogP contribution in [-0.2, 0) is 28.6 Å². The smallest absolute Gasteiger partial charge is 0.312 e. The number of methoxy groups -OCH3 is 1. The molecule has 0 fully saturated rings. The Labute approximate surface area is 325 Å². The second-order valence-corrected chi connectivity index (χ2v) is 14.4. The first kappa shape index (κ1) is 43.3. The van der Waals surface area contributed by atoms with Gasteiger partial charge >= 0.3 is 11.8 Å². The summed E-state index contributed by atoms with van der Waals surface area (Å²) >= 11 is 0. The van der Waals surface area contributed by atoms with Gasteiger partial charge in [-0.25, -0.2) is 0 Å². The van der Waals surface area contributed by atoms with Crippen LogP contribution in [0.1, 0.15) is 70.0 Å². The van der Waals surface area contributed by atoms with Crippen LogP contribution in [0.2, 0.25) is 0 Å². The summed E-state index contributed by atoms with van der Waals surface area (Å²) in [5.74, 6) is -8.73. The van der Waals surface area contributed by atoms with E-state index in [2.05, 4.69) is 17.1 Å². The number of hydrogen-bond donors (Lipinski definition) is 6. The molecule has 0 saturated carbocycles. The molecule has 6 N–H and O–H groups in total. The number of hydrogen-bond acceptors (Lipinski definition) is 14. The predicted octanol–water partition coefficient (Wildman–Crippen LogP) is 5.29. The molecule has 0 saturated heterocycles. The zero-order chi connectivity index (χ0) is 41.8. The van der Waals surface area contributed by atoms with Crippen LogP contribution in [0, 0.1) is 30.6 Å². The lowest BCUT2D eigenvalue weighted by atomic mass is 9.78. The maximum absolute atomic E-state index is 14.3. The number of aromatic hydroxyl groups is 3. The minimum Gasteiger partial charge on any atom is -0.507 e. The van der Waals surface area contributed by atoms with E-state index in [0.29, 0.717) is 0 Å². The van der Waals surface area contributed by atoms with E-state index in [-0.39, 0.29) is 51.1 Å². The van der Waals surface area contributed by atoms with Crippen molar-refractivity contribution in [3.63, 3.8) is 0 Å². The number of Topliss-reactive ketones (excluding diaryl/α,β-unsaturated/α-hetero) is 1. The van der Waals surface area contributed by atoms with E-state index >= 15 is 0 Å². The topological polar surface area (TPSA) is 223 Å². The van der Waals surface area contributed by atoms with Crippen LogP contribution < -0.4 is 10.1 Å². The largest absolute Gasteiger partial charge is 0.507 e. The Balaban J connectivity index is 1.97. The van der Waals surface area contributed by atoms with Crippen molar-refractivity contribution in [2.45, 2.75) is 85.6 Å². The number of fused-ring (bicyclic) bond motifs is 14. The van der Waals surface area contributed by atoms with Gasteiger partial charge in [0.15, 0.2) is 5.75 Å². The first-order chi connectivity index (χ1) is 26.3. The lowest BCUT2D eigenvalue weighted by Gasteiger charge is -2.38. The van der Waals surface area contributed by atoms with E-state index in [1.165, 1.54) is 59.3 Å². The monoisotopic (exact) mass is 780 g/mol. The van der Waals surface area contributed by atoms with Crippen LogP contribution in [0.3, 0.4) is 0 Å². The van der Waals surface area contributed by atoms with Crippen LogP contribution >= 0.6 is 0 Å². The Kier molecular flexibility index (Phi) is 13.6. The Morgan fingerprint density at radius 2 is 1.68 bits per heavy atom. The number of carbonyl (C=O) groups excluding carboxylic acids is 3. The van der Waals surface area contributed by atoms with Crippen molar-refractivity contribution >= 4 is 40.3 Å². The minimum absolute atomic E-state index is 0.0192. The molecule has 304 valence electrons. The van der Waals surface area contributed by atoms with Crippen molar-refractivity contribution in [3.8, 4) is 23.0 Å². The molecule has 2 aromatic rings. The minimum atomic E-state index is -2.06. The Hall–Kier alpha value is -5.38. The number of ether oxygens (including phenoxy) is 4. The third-order valence-electron chi connectivity index (χ3n) is 10.5. The summed E-state index contributed by atoms with van der Waals surface area (Å²) in [7, 11) is 1.42. The van der Waals surface area contributed by atoms with E-state index < -0.39 is 88.8 Å². The molecule has 15 nitrogen and oxygen atoms in total. The summed E-state index contributed by atoms with van der Waals surface area (Å²) in [5.41, 5.74) is -0.691. The van der Waals surface area contributed by atoms with Crippen molar-refractivity contribution in [2.75, 3.05) is 19.0 Å². The zero-order valence-electron chi connectivity index (χ0n) is 33.0. The van der Waals surface area contributed by atoms with Crippen LogP contribution in [0.25, 0.3) is 10.8 Å². The lowest BCUT2D eigenvalue weighted by molar-refractivity contribution is -0.160. The van der Waals surface area contributed by atoms with Gasteiger partial charge in [0.25, 0.3) is 11.7 Å². The van der Waals surface area contributed by atoms with Crippen LogP contribution in [-0.4, -0.2) is 93.3 Å². The summed E-state index contributed by atoms with van der Waals surface area (Å²) < 4.78 is 23.4.